The van der Waals surface area contributed by atoms with Crippen molar-refractivity contribution in [2.24, 2.45) is 22.2 Å². The maximum Gasteiger partial charge on any atom is 0.316 e. The van der Waals surface area contributed by atoms with E-state index in [0.717, 1.165) is 12.8 Å². The van der Waals surface area contributed by atoms with Crippen LogP contribution in [0.5, 0.6) is 0 Å². The van der Waals surface area contributed by atoms with Crippen molar-refractivity contribution in [1.29, 1.82) is 0 Å². The van der Waals surface area contributed by atoms with Crippen molar-refractivity contribution >= 4 is 11.9 Å². The minimum Gasteiger partial charge on any atom is -0.457 e. The molecule has 0 amide bonds. The van der Waals surface area contributed by atoms with Crippen molar-refractivity contribution in [3.8, 4) is 0 Å². The Morgan fingerprint density at radius 1 is 1.30 bits per heavy atom. The summed E-state index contributed by atoms with van der Waals surface area (Å²) in [5.41, 5.74) is -2.16. The molecule has 6 atom stereocenters. The number of hydrogen-bond acceptors (Lipinski definition) is 5. The first kappa shape index (κ1) is 18.7. The third-order valence-electron chi connectivity index (χ3n) is 7.79. The zero-order chi connectivity index (χ0) is 19.8. The summed E-state index contributed by atoms with van der Waals surface area (Å²) in [5, 5.41) is 12.1. The van der Waals surface area contributed by atoms with Gasteiger partial charge in [0.15, 0.2) is 6.10 Å². The van der Waals surface area contributed by atoms with Gasteiger partial charge in [0, 0.05) is 23.8 Å². The molecule has 148 valence electrons. The average molecular weight is 374 g/mol. The summed E-state index contributed by atoms with van der Waals surface area (Å²) in [5.74, 6) is -0.931. The molecule has 4 rings (SSSR count). The maximum atomic E-state index is 13.3. The first-order chi connectivity index (χ1) is 12.5. The molecular weight excluding hydrogens is 344 g/mol. The van der Waals surface area contributed by atoms with E-state index < -0.39 is 29.2 Å². The van der Waals surface area contributed by atoms with Crippen LogP contribution in [-0.4, -0.2) is 34.9 Å². The first-order valence-corrected chi connectivity index (χ1v) is 9.98. The number of allylic oxidation sites excluding steroid dienone is 2. The van der Waals surface area contributed by atoms with Gasteiger partial charge in [-0.2, -0.15) is 0 Å². The van der Waals surface area contributed by atoms with Gasteiger partial charge in [-0.3, -0.25) is 9.59 Å². The van der Waals surface area contributed by atoms with E-state index in [1.54, 1.807) is 0 Å². The van der Waals surface area contributed by atoms with E-state index in [1.807, 2.05) is 12.2 Å². The molecule has 0 aromatic rings. The summed E-state index contributed by atoms with van der Waals surface area (Å²) in [4.78, 5) is 25.2. The SMILES string of the molecule is C=C[C@]1(C)C=C2[C@@H](OC(C)=O)[C@H]3OC(=O)[C@@]4(CCCC(C)(C)[C@H]34)[C@@]2(O)CC1. The average Bonchev–Trinajstić information content (AvgIpc) is 2.87. The first-order valence-electron chi connectivity index (χ1n) is 9.98. The summed E-state index contributed by atoms with van der Waals surface area (Å²) in [6, 6.07) is 0. The summed E-state index contributed by atoms with van der Waals surface area (Å²) >= 11 is 0. The van der Waals surface area contributed by atoms with E-state index in [0.29, 0.717) is 24.8 Å². The zero-order valence-electron chi connectivity index (χ0n) is 16.7. The molecule has 1 aliphatic heterocycles. The van der Waals surface area contributed by atoms with Gasteiger partial charge >= 0.3 is 11.9 Å². The second-order valence-electron chi connectivity index (χ2n) is 9.86. The van der Waals surface area contributed by atoms with Gasteiger partial charge in [0.25, 0.3) is 0 Å². The van der Waals surface area contributed by atoms with E-state index in [1.165, 1.54) is 6.92 Å². The molecule has 5 nitrogen and oxygen atoms in total. The molecule has 1 heterocycles. The smallest absolute Gasteiger partial charge is 0.316 e. The van der Waals surface area contributed by atoms with Gasteiger partial charge in [-0.05, 0) is 31.1 Å². The molecule has 1 N–H and O–H groups in total. The van der Waals surface area contributed by atoms with Gasteiger partial charge in [0.1, 0.15) is 17.1 Å². The lowest BCUT2D eigenvalue weighted by Crippen LogP contribution is -2.68. The van der Waals surface area contributed by atoms with Crippen molar-refractivity contribution < 1.29 is 24.2 Å². The van der Waals surface area contributed by atoms with Crippen LogP contribution in [0.3, 0.4) is 0 Å². The number of ether oxygens (including phenoxy) is 2. The van der Waals surface area contributed by atoms with Crippen molar-refractivity contribution in [2.75, 3.05) is 0 Å². The number of carbonyl (C=O) groups excluding carboxylic acids is 2. The topological polar surface area (TPSA) is 72.8 Å². The molecule has 3 fully saturated rings. The Morgan fingerprint density at radius 3 is 2.63 bits per heavy atom. The van der Waals surface area contributed by atoms with E-state index in [9.17, 15) is 14.7 Å². The minimum absolute atomic E-state index is 0.175. The second-order valence-corrected chi connectivity index (χ2v) is 9.86. The van der Waals surface area contributed by atoms with Crippen LogP contribution in [0.15, 0.2) is 24.3 Å². The predicted molar refractivity (Wildman–Crippen MR) is 99.6 cm³/mol. The van der Waals surface area contributed by atoms with E-state index >= 15 is 0 Å². The van der Waals surface area contributed by atoms with Crippen molar-refractivity contribution in [3.63, 3.8) is 0 Å². The Morgan fingerprint density at radius 2 is 2.00 bits per heavy atom. The predicted octanol–water partition coefficient (Wildman–Crippen LogP) is 3.31. The second kappa shape index (κ2) is 5.47. The molecule has 0 aromatic carbocycles. The fourth-order valence-corrected chi connectivity index (χ4v) is 6.51. The van der Waals surface area contributed by atoms with E-state index in [2.05, 4.69) is 27.4 Å². The van der Waals surface area contributed by atoms with Crippen LogP contribution in [0.4, 0.5) is 0 Å². The Hall–Kier alpha value is -1.62. The molecule has 4 aliphatic rings. The van der Waals surface area contributed by atoms with Crippen LogP contribution >= 0.6 is 0 Å². The fraction of sp³-hybridized carbons (Fsp3) is 0.727. The van der Waals surface area contributed by atoms with Crippen LogP contribution in [0, 0.1) is 22.2 Å². The molecule has 5 heteroatoms. The quantitative estimate of drug-likeness (QED) is 0.593. The molecule has 0 aromatic heterocycles. The molecule has 27 heavy (non-hydrogen) atoms. The van der Waals surface area contributed by atoms with Gasteiger partial charge in [0.2, 0.25) is 0 Å². The lowest BCUT2D eigenvalue weighted by atomic mass is 9.43. The van der Waals surface area contributed by atoms with Crippen LogP contribution < -0.4 is 0 Å². The Kier molecular flexibility index (Phi) is 3.79. The fourth-order valence-electron chi connectivity index (χ4n) is 6.51. The number of hydrogen-bond donors (Lipinski definition) is 1. The lowest BCUT2D eigenvalue weighted by molar-refractivity contribution is -0.188. The number of esters is 2. The Balaban J connectivity index is 1.97. The van der Waals surface area contributed by atoms with Crippen molar-refractivity contribution in [1.82, 2.24) is 0 Å². The highest BCUT2D eigenvalue weighted by atomic mass is 16.6. The highest BCUT2D eigenvalue weighted by Gasteiger charge is 2.78. The third kappa shape index (κ3) is 2.21. The van der Waals surface area contributed by atoms with Crippen LogP contribution in [0.25, 0.3) is 0 Å². The number of rotatable bonds is 2. The van der Waals surface area contributed by atoms with Crippen LogP contribution in [0.1, 0.15) is 59.8 Å². The standard InChI is InChI=1S/C22H30O5/c1-6-20(5)10-11-22(25)14(12-20)15(26-13(2)23)16-17-19(3,4)8-7-9-21(17,22)18(24)27-16/h6,12,15-17,25H,1,7-11H2,2-5H3/t15-,16-,17+,20+,21+,22-/m1/s1. The van der Waals surface area contributed by atoms with Gasteiger partial charge in [-0.15, -0.1) is 6.58 Å². The van der Waals surface area contributed by atoms with Gasteiger partial charge in [-0.1, -0.05) is 39.3 Å². The zero-order valence-corrected chi connectivity index (χ0v) is 16.7. The Labute approximate surface area is 160 Å². The number of aliphatic hydroxyl groups is 1. The van der Waals surface area contributed by atoms with E-state index in [-0.39, 0.29) is 22.7 Å². The molecule has 0 radical (unpaired) electrons. The van der Waals surface area contributed by atoms with E-state index in [4.69, 9.17) is 9.47 Å². The van der Waals surface area contributed by atoms with Crippen molar-refractivity contribution in [3.05, 3.63) is 24.3 Å². The molecule has 1 saturated heterocycles. The monoisotopic (exact) mass is 374 g/mol. The molecule has 2 bridgehead atoms. The summed E-state index contributed by atoms with van der Waals surface area (Å²) < 4.78 is 11.6. The van der Waals surface area contributed by atoms with Gasteiger partial charge in [0.05, 0.1) is 0 Å². The summed E-state index contributed by atoms with van der Waals surface area (Å²) in [6.07, 6.45) is 6.13. The minimum atomic E-state index is -1.35. The normalized spacial score (nSPS) is 47.2. The van der Waals surface area contributed by atoms with Crippen LogP contribution in [0.2, 0.25) is 0 Å². The molecule has 0 unspecified atom stereocenters. The largest absolute Gasteiger partial charge is 0.457 e. The molecular formula is C22H30O5. The number of fused-ring (bicyclic) bond motifs is 1. The highest BCUT2D eigenvalue weighted by molar-refractivity contribution is 5.85. The number of carbonyl (C=O) groups is 2. The summed E-state index contributed by atoms with van der Waals surface area (Å²) in [7, 11) is 0. The Bertz CT molecular complexity index is 752. The molecule has 2 saturated carbocycles. The highest BCUT2D eigenvalue weighted by Crippen LogP contribution is 2.69. The van der Waals surface area contributed by atoms with Crippen LogP contribution in [-0.2, 0) is 19.1 Å². The molecule has 3 aliphatic carbocycles. The lowest BCUT2D eigenvalue weighted by Gasteiger charge is -2.60. The van der Waals surface area contributed by atoms with Crippen molar-refractivity contribution in [2.45, 2.75) is 77.6 Å². The van der Waals surface area contributed by atoms with Gasteiger partial charge < -0.3 is 14.6 Å². The molecule has 0 spiro atoms. The maximum absolute atomic E-state index is 13.3. The summed E-state index contributed by atoms with van der Waals surface area (Å²) in [6.45, 7) is 11.6. The van der Waals surface area contributed by atoms with Gasteiger partial charge in [-0.25, -0.2) is 0 Å². The third-order valence-corrected chi connectivity index (χ3v) is 7.79.